The Labute approximate surface area is 119 Å². The summed E-state index contributed by atoms with van der Waals surface area (Å²) < 4.78 is 0. The summed E-state index contributed by atoms with van der Waals surface area (Å²) in [5.41, 5.74) is 0. The average Bonchev–Trinajstić information content (AvgIpc) is 3.27. The molecule has 1 unspecified atom stereocenters. The summed E-state index contributed by atoms with van der Waals surface area (Å²) in [5.74, 6) is -0.308. The third kappa shape index (κ3) is 4.37. The molecule has 0 aromatic carbocycles. The number of carboxylic acids is 1. The predicted octanol–water partition coefficient (Wildman–Crippen LogP) is 0.881. The van der Waals surface area contributed by atoms with Crippen molar-refractivity contribution < 1.29 is 14.7 Å². The summed E-state index contributed by atoms with van der Waals surface area (Å²) in [6.07, 6.45) is 3.98. The summed E-state index contributed by atoms with van der Waals surface area (Å²) in [7, 11) is 0. The molecule has 3 N–H and O–H groups in total. The van der Waals surface area contributed by atoms with Gasteiger partial charge in [-0.3, -0.25) is 0 Å². The van der Waals surface area contributed by atoms with Crippen LogP contribution in [0.15, 0.2) is 0 Å². The van der Waals surface area contributed by atoms with Gasteiger partial charge in [0.2, 0.25) is 0 Å². The zero-order valence-electron chi connectivity index (χ0n) is 12.1. The number of carbonyl (C=O) groups excluding carboxylic acids is 1. The SMILES string of the molecule is CCN1CCC(CNC(=O)NC(C(=O)O)C2CC2)CC1. The number of nitrogens with one attached hydrogen (secondary N) is 2. The van der Waals surface area contributed by atoms with Gasteiger partial charge in [-0.2, -0.15) is 0 Å². The molecule has 0 bridgehead atoms. The number of amides is 2. The van der Waals surface area contributed by atoms with Crippen molar-refractivity contribution in [2.45, 2.75) is 38.6 Å². The van der Waals surface area contributed by atoms with Crippen LogP contribution in [0, 0.1) is 11.8 Å². The second-order valence-electron chi connectivity index (χ2n) is 5.89. The highest BCUT2D eigenvalue weighted by atomic mass is 16.4. The molecule has 0 aromatic rings. The maximum absolute atomic E-state index is 11.8. The summed E-state index contributed by atoms with van der Waals surface area (Å²) in [6, 6.07) is -1.07. The van der Waals surface area contributed by atoms with Crippen molar-refractivity contribution in [1.29, 1.82) is 0 Å². The van der Waals surface area contributed by atoms with Gasteiger partial charge >= 0.3 is 12.0 Å². The second-order valence-corrected chi connectivity index (χ2v) is 5.89. The summed E-state index contributed by atoms with van der Waals surface area (Å²) in [4.78, 5) is 25.2. The van der Waals surface area contributed by atoms with Crippen LogP contribution in [0.2, 0.25) is 0 Å². The number of carboxylic acid groups (broad SMARTS) is 1. The first-order chi connectivity index (χ1) is 9.60. The molecule has 6 heteroatoms. The number of nitrogens with zero attached hydrogens (tertiary/aromatic N) is 1. The Bertz CT molecular complexity index is 350. The van der Waals surface area contributed by atoms with Gasteiger partial charge in [0.05, 0.1) is 0 Å². The molecule has 20 heavy (non-hydrogen) atoms. The van der Waals surface area contributed by atoms with Gasteiger partial charge in [0, 0.05) is 6.54 Å². The number of hydrogen-bond donors (Lipinski definition) is 3. The second kappa shape index (κ2) is 6.92. The summed E-state index contributed by atoms with van der Waals surface area (Å²) in [6.45, 7) is 6.06. The van der Waals surface area contributed by atoms with Crippen LogP contribution < -0.4 is 10.6 Å². The predicted molar refractivity (Wildman–Crippen MR) is 75.5 cm³/mol. The number of hydrogen-bond acceptors (Lipinski definition) is 3. The molecule has 2 aliphatic rings. The fourth-order valence-electron chi connectivity index (χ4n) is 2.75. The lowest BCUT2D eigenvalue weighted by Gasteiger charge is -2.31. The number of piperidine rings is 1. The van der Waals surface area contributed by atoms with E-state index in [2.05, 4.69) is 22.5 Å². The van der Waals surface area contributed by atoms with Gasteiger partial charge in [-0.1, -0.05) is 6.92 Å². The molecule has 2 rings (SSSR count). The molecule has 1 saturated heterocycles. The molecule has 1 heterocycles. The normalized spacial score (nSPS) is 22.2. The van der Waals surface area contributed by atoms with E-state index in [0.29, 0.717) is 12.5 Å². The Morgan fingerprint density at radius 1 is 1.25 bits per heavy atom. The van der Waals surface area contributed by atoms with Crippen LogP contribution in [0.1, 0.15) is 32.6 Å². The first kappa shape index (κ1) is 15.1. The van der Waals surface area contributed by atoms with Crippen LogP contribution in [-0.4, -0.2) is 54.2 Å². The molecule has 1 aliphatic heterocycles. The quantitative estimate of drug-likeness (QED) is 0.676. The van der Waals surface area contributed by atoms with Crippen molar-refractivity contribution in [3.8, 4) is 0 Å². The fourth-order valence-corrected chi connectivity index (χ4v) is 2.75. The van der Waals surface area contributed by atoms with Crippen molar-refractivity contribution in [2.24, 2.45) is 11.8 Å². The fraction of sp³-hybridized carbons (Fsp3) is 0.857. The van der Waals surface area contributed by atoms with E-state index < -0.39 is 12.0 Å². The largest absolute Gasteiger partial charge is 0.480 e. The Morgan fingerprint density at radius 3 is 2.40 bits per heavy atom. The van der Waals surface area contributed by atoms with Crippen molar-refractivity contribution in [3.63, 3.8) is 0 Å². The number of carbonyl (C=O) groups is 2. The van der Waals surface area contributed by atoms with E-state index in [1.807, 2.05) is 0 Å². The third-order valence-corrected chi connectivity index (χ3v) is 4.35. The minimum Gasteiger partial charge on any atom is -0.480 e. The van der Waals surface area contributed by atoms with E-state index in [-0.39, 0.29) is 11.9 Å². The van der Waals surface area contributed by atoms with Crippen molar-refractivity contribution in [3.05, 3.63) is 0 Å². The van der Waals surface area contributed by atoms with Crippen molar-refractivity contribution in [1.82, 2.24) is 15.5 Å². The van der Waals surface area contributed by atoms with Gasteiger partial charge in [-0.15, -0.1) is 0 Å². The highest BCUT2D eigenvalue weighted by molar-refractivity contribution is 5.83. The molecular weight excluding hydrogens is 258 g/mol. The lowest BCUT2D eigenvalue weighted by atomic mass is 9.97. The summed E-state index contributed by atoms with van der Waals surface area (Å²) >= 11 is 0. The Kier molecular flexibility index (Phi) is 5.23. The Hall–Kier alpha value is -1.30. The van der Waals surface area contributed by atoms with Crippen LogP contribution in [0.5, 0.6) is 0 Å². The number of likely N-dealkylation sites (tertiary alicyclic amines) is 1. The smallest absolute Gasteiger partial charge is 0.326 e. The van der Waals surface area contributed by atoms with Gasteiger partial charge < -0.3 is 20.6 Å². The molecule has 114 valence electrons. The first-order valence-electron chi connectivity index (χ1n) is 7.59. The van der Waals surface area contributed by atoms with Crippen LogP contribution >= 0.6 is 0 Å². The highest BCUT2D eigenvalue weighted by Crippen LogP contribution is 2.32. The van der Waals surface area contributed by atoms with Gasteiger partial charge in [0.15, 0.2) is 0 Å². The van der Waals surface area contributed by atoms with Gasteiger partial charge in [0.25, 0.3) is 0 Å². The maximum Gasteiger partial charge on any atom is 0.326 e. The number of aliphatic carboxylic acids is 1. The zero-order valence-corrected chi connectivity index (χ0v) is 12.1. The van der Waals surface area contributed by atoms with E-state index >= 15 is 0 Å². The van der Waals surface area contributed by atoms with Crippen LogP contribution in [0.4, 0.5) is 4.79 Å². The highest BCUT2D eigenvalue weighted by Gasteiger charge is 2.37. The minimum absolute atomic E-state index is 0.117. The number of rotatable bonds is 6. The van der Waals surface area contributed by atoms with Gasteiger partial charge in [-0.25, -0.2) is 9.59 Å². The standard InChI is InChI=1S/C14H25N3O3/c1-2-17-7-5-10(6-8-17)9-15-14(20)16-12(13(18)19)11-3-4-11/h10-12H,2-9H2,1H3,(H,18,19)(H2,15,16,20). The molecule has 6 nitrogen and oxygen atoms in total. The zero-order chi connectivity index (χ0) is 14.5. The van der Waals surface area contributed by atoms with Crippen LogP contribution in [0.3, 0.4) is 0 Å². The van der Waals surface area contributed by atoms with E-state index in [1.165, 1.54) is 0 Å². The number of urea groups is 1. The molecule has 2 amide bonds. The van der Waals surface area contributed by atoms with E-state index in [1.54, 1.807) is 0 Å². The molecular formula is C14H25N3O3. The molecule has 0 aromatic heterocycles. The molecule has 0 radical (unpaired) electrons. The van der Waals surface area contributed by atoms with E-state index in [0.717, 1.165) is 45.3 Å². The van der Waals surface area contributed by atoms with E-state index in [4.69, 9.17) is 5.11 Å². The molecule has 0 spiro atoms. The van der Waals surface area contributed by atoms with Crippen molar-refractivity contribution in [2.75, 3.05) is 26.2 Å². The Balaban J connectivity index is 1.66. The minimum atomic E-state index is -0.932. The van der Waals surface area contributed by atoms with E-state index in [9.17, 15) is 9.59 Å². The van der Waals surface area contributed by atoms with Gasteiger partial charge in [-0.05, 0) is 57.2 Å². The molecule has 1 saturated carbocycles. The maximum atomic E-state index is 11.8. The summed E-state index contributed by atoms with van der Waals surface area (Å²) in [5, 5.41) is 14.5. The lowest BCUT2D eigenvalue weighted by Crippen LogP contribution is -2.48. The topological polar surface area (TPSA) is 81.7 Å². The third-order valence-electron chi connectivity index (χ3n) is 4.35. The molecule has 1 atom stereocenters. The van der Waals surface area contributed by atoms with Crippen LogP contribution in [0.25, 0.3) is 0 Å². The Morgan fingerprint density at radius 2 is 1.90 bits per heavy atom. The van der Waals surface area contributed by atoms with Gasteiger partial charge in [0.1, 0.15) is 6.04 Å². The monoisotopic (exact) mass is 283 g/mol. The van der Waals surface area contributed by atoms with Crippen LogP contribution in [-0.2, 0) is 4.79 Å². The molecule has 1 aliphatic carbocycles. The average molecular weight is 283 g/mol. The first-order valence-corrected chi connectivity index (χ1v) is 7.59. The van der Waals surface area contributed by atoms with Crippen molar-refractivity contribution >= 4 is 12.0 Å². The lowest BCUT2D eigenvalue weighted by molar-refractivity contribution is -0.139. The molecule has 2 fully saturated rings.